The highest BCUT2D eigenvalue weighted by atomic mass is 35.5. The summed E-state index contributed by atoms with van der Waals surface area (Å²) in [6.45, 7) is 1.98. The van der Waals surface area contributed by atoms with Crippen molar-refractivity contribution in [3.63, 3.8) is 0 Å². The Morgan fingerprint density at radius 3 is 2.54 bits per heavy atom. The molecule has 2 aliphatic rings. The van der Waals surface area contributed by atoms with Gasteiger partial charge >= 0.3 is 0 Å². The van der Waals surface area contributed by atoms with Gasteiger partial charge in [0.15, 0.2) is 0 Å². The number of ether oxygens (including phenoxy) is 1. The van der Waals surface area contributed by atoms with E-state index >= 15 is 0 Å². The minimum absolute atomic E-state index is 0.237. The Bertz CT molecular complexity index is 1300. The van der Waals surface area contributed by atoms with E-state index in [0.29, 0.717) is 44.2 Å². The number of benzene rings is 2. The molecule has 1 aromatic heterocycles. The van der Waals surface area contributed by atoms with Gasteiger partial charge in [-0.2, -0.15) is 0 Å². The number of hydrogen-bond donors (Lipinski definition) is 1. The number of anilines is 4. The van der Waals surface area contributed by atoms with Crippen LogP contribution in [0.5, 0.6) is 5.75 Å². The number of fused-ring (bicyclic) bond motifs is 1. The number of carbonyl (C=O) groups excluding carboxylic acids is 1. The van der Waals surface area contributed by atoms with Crippen LogP contribution in [-0.4, -0.2) is 67.0 Å². The summed E-state index contributed by atoms with van der Waals surface area (Å²) in [5.41, 5.74) is 2.79. The van der Waals surface area contributed by atoms with Crippen LogP contribution in [0.1, 0.15) is 23.2 Å². The molecular formula is C26H28Cl2N6O2S. The fourth-order valence-electron chi connectivity index (χ4n) is 4.69. The minimum atomic E-state index is -0.237. The quantitative estimate of drug-likeness (QED) is 0.382. The first-order chi connectivity index (χ1) is 17.9. The van der Waals surface area contributed by atoms with Crippen LogP contribution in [-0.2, 0) is 0 Å². The summed E-state index contributed by atoms with van der Waals surface area (Å²) in [6.07, 6.45) is 3.78. The molecular weight excluding hydrogens is 531 g/mol. The minimum Gasteiger partial charge on any atom is -0.495 e. The molecule has 5 rings (SSSR count). The van der Waals surface area contributed by atoms with Gasteiger partial charge in [0.1, 0.15) is 10.8 Å². The number of piperidine rings is 1. The lowest BCUT2D eigenvalue weighted by Crippen LogP contribution is -2.42. The first-order valence-electron chi connectivity index (χ1n) is 12.0. The molecule has 2 aromatic carbocycles. The van der Waals surface area contributed by atoms with Crippen molar-refractivity contribution in [2.75, 3.05) is 55.3 Å². The van der Waals surface area contributed by atoms with E-state index in [1.54, 1.807) is 30.2 Å². The Morgan fingerprint density at radius 2 is 1.86 bits per heavy atom. The Balaban J connectivity index is 1.32. The molecule has 0 unspecified atom stereocenters. The molecule has 2 aliphatic heterocycles. The highest BCUT2D eigenvalue weighted by Gasteiger charge is 2.30. The van der Waals surface area contributed by atoms with Crippen LogP contribution in [0.4, 0.5) is 23.0 Å². The number of thioether (sulfide) groups is 1. The molecule has 0 saturated carbocycles. The molecule has 11 heteroatoms. The summed E-state index contributed by atoms with van der Waals surface area (Å²) >= 11 is 14.1. The Morgan fingerprint density at radius 1 is 1.14 bits per heavy atom. The standard InChI is InChI=1S/C26H28Cl2N6O2S/c1-32(2)17-9-11-33(12-10-17)21-8-7-16(13-22(21)36-3)30-26-29-14-18-24(31-26)37-15-34(25(18)35)23-19(27)5-4-6-20(23)28/h4-8,13-14,17H,9-12,15H2,1-3H3,(H,29,30,31). The number of methoxy groups -OCH3 is 1. The summed E-state index contributed by atoms with van der Waals surface area (Å²) in [7, 11) is 5.97. The van der Waals surface area contributed by atoms with E-state index in [-0.39, 0.29) is 5.91 Å². The molecule has 194 valence electrons. The highest BCUT2D eigenvalue weighted by molar-refractivity contribution is 7.99. The number of nitrogens with one attached hydrogen (secondary N) is 1. The third-order valence-corrected chi connectivity index (χ3v) is 8.32. The predicted octanol–water partition coefficient (Wildman–Crippen LogP) is 5.78. The van der Waals surface area contributed by atoms with Gasteiger partial charge in [0, 0.05) is 37.1 Å². The molecule has 0 bridgehead atoms. The van der Waals surface area contributed by atoms with Crippen LogP contribution in [0.25, 0.3) is 0 Å². The van der Waals surface area contributed by atoms with E-state index < -0.39 is 0 Å². The Kier molecular flexibility index (Phi) is 7.67. The second kappa shape index (κ2) is 10.9. The fourth-order valence-corrected chi connectivity index (χ4v) is 6.24. The van der Waals surface area contributed by atoms with Gasteiger partial charge < -0.3 is 19.9 Å². The van der Waals surface area contributed by atoms with Crippen LogP contribution in [0, 0.1) is 0 Å². The second-order valence-corrected chi connectivity index (χ2v) is 10.9. The number of nitrogens with zero attached hydrogens (tertiary/aromatic N) is 5. The van der Waals surface area contributed by atoms with Gasteiger partial charge in [-0.25, -0.2) is 9.97 Å². The molecule has 0 radical (unpaired) electrons. The summed E-state index contributed by atoms with van der Waals surface area (Å²) < 4.78 is 5.72. The summed E-state index contributed by atoms with van der Waals surface area (Å²) in [5.74, 6) is 1.31. The van der Waals surface area contributed by atoms with Crippen molar-refractivity contribution < 1.29 is 9.53 Å². The smallest absolute Gasteiger partial charge is 0.263 e. The van der Waals surface area contributed by atoms with E-state index in [1.807, 2.05) is 12.1 Å². The molecule has 37 heavy (non-hydrogen) atoms. The van der Waals surface area contributed by atoms with Crippen molar-refractivity contribution in [1.82, 2.24) is 14.9 Å². The normalized spacial score (nSPS) is 16.2. The van der Waals surface area contributed by atoms with E-state index in [4.69, 9.17) is 27.9 Å². The zero-order valence-corrected chi connectivity index (χ0v) is 23.2. The third-order valence-electron chi connectivity index (χ3n) is 6.74. The van der Waals surface area contributed by atoms with Crippen LogP contribution in [0.2, 0.25) is 10.0 Å². The van der Waals surface area contributed by atoms with Gasteiger partial charge in [-0.05, 0) is 51.2 Å². The van der Waals surface area contributed by atoms with Gasteiger partial charge in [0.25, 0.3) is 5.91 Å². The average molecular weight is 560 g/mol. The molecule has 1 N–H and O–H groups in total. The lowest BCUT2D eigenvalue weighted by Gasteiger charge is -2.37. The molecule has 8 nitrogen and oxygen atoms in total. The summed E-state index contributed by atoms with van der Waals surface area (Å²) in [6, 6.07) is 11.8. The predicted molar refractivity (Wildman–Crippen MR) is 151 cm³/mol. The maximum atomic E-state index is 13.2. The van der Waals surface area contributed by atoms with Gasteiger partial charge in [-0.1, -0.05) is 41.0 Å². The lowest BCUT2D eigenvalue weighted by molar-refractivity contribution is 0.0985. The van der Waals surface area contributed by atoms with Gasteiger partial charge in [-0.3, -0.25) is 9.69 Å². The monoisotopic (exact) mass is 558 g/mol. The number of aromatic nitrogens is 2. The van der Waals surface area contributed by atoms with Crippen molar-refractivity contribution in [3.05, 3.63) is 58.2 Å². The van der Waals surface area contributed by atoms with Crippen molar-refractivity contribution >= 4 is 63.9 Å². The SMILES string of the molecule is COc1cc(Nc2ncc3c(n2)SCN(c2c(Cl)cccc2Cl)C3=O)ccc1N1CCC(N(C)C)CC1. The van der Waals surface area contributed by atoms with Crippen LogP contribution in [0.15, 0.2) is 47.6 Å². The fraction of sp³-hybridized carbons (Fsp3) is 0.346. The zero-order chi connectivity index (χ0) is 26.1. The van der Waals surface area contributed by atoms with Crippen LogP contribution >= 0.6 is 35.0 Å². The van der Waals surface area contributed by atoms with Gasteiger partial charge in [0.2, 0.25) is 5.95 Å². The molecule has 0 spiro atoms. The Labute approximate surface area is 230 Å². The number of amides is 1. The van der Waals surface area contributed by atoms with Crippen LogP contribution < -0.4 is 19.9 Å². The van der Waals surface area contributed by atoms with Crippen molar-refractivity contribution in [1.29, 1.82) is 0 Å². The lowest BCUT2D eigenvalue weighted by atomic mass is 10.0. The number of para-hydroxylation sites is 1. The van der Waals surface area contributed by atoms with Crippen LogP contribution in [0.3, 0.4) is 0 Å². The van der Waals surface area contributed by atoms with Gasteiger partial charge in [-0.15, -0.1) is 0 Å². The maximum Gasteiger partial charge on any atom is 0.263 e. The highest BCUT2D eigenvalue weighted by Crippen LogP contribution is 2.40. The van der Waals surface area contributed by atoms with Gasteiger partial charge in [0.05, 0.1) is 40.0 Å². The maximum absolute atomic E-state index is 13.2. The molecule has 0 atom stereocenters. The molecule has 1 amide bonds. The summed E-state index contributed by atoms with van der Waals surface area (Å²) in [4.78, 5) is 28.4. The van der Waals surface area contributed by atoms with E-state index in [9.17, 15) is 4.79 Å². The molecule has 3 heterocycles. The zero-order valence-electron chi connectivity index (χ0n) is 20.9. The number of carbonyl (C=O) groups is 1. The summed E-state index contributed by atoms with van der Waals surface area (Å²) in [5, 5.41) is 4.69. The number of halogens is 2. The number of rotatable bonds is 6. The van der Waals surface area contributed by atoms with E-state index in [0.717, 1.165) is 43.1 Å². The first-order valence-corrected chi connectivity index (χ1v) is 13.7. The second-order valence-electron chi connectivity index (χ2n) is 9.18. The Hall–Kier alpha value is -2.72. The van der Waals surface area contributed by atoms with Crippen molar-refractivity contribution in [2.45, 2.75) is 23.9 Å². The topological polar surface area (TPSA) is 73.8 Å². The van der Waals surface area contributed by atoms with E-state index in [1.165, 1.54) is 18.0 Å². The third kappa shape index (κ3) is 5.31. The first kappa shape index (κ1) is 25.9. The molecule has 1 fully saturated rings. The largest absolute Gasteiger partial charge is 0.495 e. The van der Waals surface area contributed by atoms with Crippen molar-refractivity contribution in [3.8, 4) is 5.75 Å². The molecule has 3 aromatic rings. The average Bonchev–Trinajstić information content (AvgIpc) is 2.90. The molecule has 1 saturated heterocycles. The number of hydrogen-bond acceptors (Lipinski definition) is 8. The van der Waals surface area contributed by atoms with Crippen molar-refractivity contribution in [2.24, 2.45) is 0 Å². The van der Waals surface area contributed by atoms with E-state index in [2.05, 4.69) is 45.2 Å². The molecule has 0 aliphatic carbocycles.